The number of methoxy groups -OCH3 is 1. The third kappa shape index (κ3) is 3.22. The molecule has 0 saturated heterocycles. The highest BCUT2D eigenvalue weighted by atomic mass is 79.9. The van der Waals surface area contributed by atoms with E-state index in [2.05, 4.69) is 30.9 Å². The smallest absolute Gasteiger partial charge is 0.329 e. The molecule has 1 aromatic carbocycles. The topological polar surface area (TPSA) is 57.1 Å². The Kier molecular flexibility index (Phi) is 4.21. The number of halogens is 3. The molecular weight excluding hydrogens is 345 g/mol. The van der Waals surface area contributed by atoms with Gasteiger partial charge in [-0.05, 0) is 45.7 Å². The fourth-order valence-corrected chi connectivity index (χ4v) is 2.02. The van der Waals surface area contributed by atoms with Crippen molar-refractivity contribution in [1.82, 2.24) is 15.0 Å². The molecule has 0 fully saturated rings. The second-order valence-corrected chi connectivity index (χ2v) is 4.68. The summed E-state index contributed by atoms with van der Waals surface area (Å²) in [6, 6.07) is 5.17. The van der Waals surface area contributed by atoms with E-state index in [0.29, 0.717) is 15.2 Å². The first kappa shape index (κ1) is 13.3. The van der Waals surface area contributed by atoms with Gasteiger partial charge >= 0.3 is 12.0 Å². The number of benzene rings is 1. The lowest BCUT2D eigenvalue weighted by Gasteiger charge is -2.07. The molecule has 0 aliphatic rings. The first-order valence-corrected chi connectivity index (χ1v) is 6.22. The van der Waals surface area contributed by atoms with Crippen molar-refractivity contribution in [2.75, 3.05) is 7.11 Å². The molecule has 94 valence electrons. The van der Waals surface area contributed by atoms with Gasteiger partial charge in [0.05, 0.1) is 11.6 Å². The van der Waals surface area contributed by atoms with Gasteiger partial charge in [-0.1, -0.05) is 11.6 Å². The third-order valence-electron chi connectivity index (χ3n) is 1.84. The summed E-state index contributed by atoms with van der Waals surface area (Å²) >= 11 is 14.8. The predicted octanol–water partition coefficient (Wildman–Crippen LogP) is 3.74. The Morgan fingerprint density at radius 3 is 2.50 bits per heavy atom. The fraction of sp³-hybridized carbons (Fsp3) is 0.100. The van der Waals surface area contributed by atoms with Crippen LogP contribution in [0.4, 0.5) is 0 Å². The maximum Gasteiger partial charge on any atom is 0.329 e. The number of hydrogen-bond donors (Lipinski definition) is 0. The van der Waals surface area contributed by atoms with E-state index in [1.165, 1.54) is 7.11 Å². The van der Waals surface area contributed by atoms with Crippen molar-refractivity contribution in [3.05, 3.63) is 33.0 Å². The van der Waals surface area contributed by atoms with E-state index in [1.807, 2.05) is 0 Å². The molecule has 0 radical (unpaired) electrons. The number of ether oxygens (including phenoxy) is 2. The minimum absolute atomic E-state index is 0.0121. The van der Waals surface area contributed by atoms with E-state index < -0.39 is 0 Å². The molecule has 0 bridgehead atoms. The van der Waals surface area contributed by atoms with Crippen molar-refractivity contribution in [3.63, 3.8) is 0 Å². The van der Waals surface area contributed by atoms with Crippen LogP contribution in [0.2, 0.25) is 10.3 Å². The summed E-state index contributed by atoms with van der Waals surface area (Å²) in [5, 5.41) is 0.572. The van der Waals surface area contributed by atoms with Crippen molar-refractivity contribution in [1.29, 1.82) is 0 Å². The van der Waals surface area contributed by atoms with E-state index in [9.17, 15) is 0 Å². The number of rotatable bonds is 3. The van der Waals surface area contributed by atoms with Crippen LogP contribution in [-0.4, -0.2) is 22.1 Å². The summed E-state index contributed by atoms with van der Waals surface area (Å²) in [5.41, 5.74) is 0. The van der Waals surface area contributed by atoms with Crippen LogP contribution in [0.1, 0.15) is 0 Å². The Morgan fingerprint density at radius 2 is 1.83 bits per heavy atom. The standard InChI is InChI=1S/C10H6BrCl2N3O2/c1-17-9-14-8(13)15-10(16-9)18-7-3-2-5(12)4-6(7)11/h2-4H,1H3. The van der Waals surface area contributed by atoms with E-state index in [-0.39, 0.29) is 17.3 Å². The van der Waals surface area contributed by atoms with Gasteiger partial charge in [0.15, 0.2) is 0 Å². The summed E-state index contributed by atoms with van der Waals surface area (Å²) < 4.78 is 11.0. The van der Waals surface area contributed by atoms with Crippen LogP contribution in [0.15, 0.2) is 22.7 Å². The monoisotopic (exact) mass is 349 g/mol. The van der Waals surface area contributed by atoms with E-state index in [0.717, 1.165) is 0 Å². The predicted molar refractivity (Wildman–Crippen MR) is 70.6 cm³/mol. The van der Waals surface area contributed by atoms with E-state index in [4.69, 9.17) is 32.7 Å². The van der Waals surface area contributed by atoms with Crippen molar-refractivity contribution >= 4 is 39.1 Å². The lowest BCUT2D eigenvalue weighted by molar-refractivity contribution is 0.358. The molecule has 2 rings (SSSR count). The molecule has 0 unspecified atom stereocenters. The van der Waals surface area contributed by atoms with Gasteiger partial charge in [-0.25, -0.2) is 0 Å². The molecule has 0 aliphatic heterocycles. The average Bonchev–Trinajstić information content (AvgIpc) is 2.32. The molecule has 5 nitrogen and oxygen atoms in total. The van der Waals surface area contributed by atoms with Gasteiger partial charge in [-0.3, -0.25) is 0 Å². The molecule has 18 heavy (non-hydrogen) atoms. The lowest BCUT2D eigenvalue weighted by atomic mass is 10.3. The van der Waals surface area contributed by atoms with E-state index in [1.54, 1.807) is 18.2 Å². The van der Waals surface area contributed by atoms with Crippen LogP contribution in [0.5, 0.6) is 17.8 Å². The van der Waals surface area contributed by atoms with Gasteiger partial charge in [0.25, 0.3) is 0 Å². The molecule has 1 aromatic heterocycles. The van der Waals surface area contributed by atoms with Crippen LogP contribution in [0.3, 0.4) is 0 Å². The summed E-state index contributed by atoms with van der Waals surface area (Å²) in [6.07, 6.45) is 0. The number of hydrogen-bond acceptors (Lipinski definition) is 5. The third-order valence-corrected chi connectivity index (χ3v) is 2.87. The average molecular weight is 351 g/mol. The van der Waals surface area contributed by atoms with Crippen molar-refractivity contribution in [2.45, 2.75) is 0 Å². The van der Waals surface area contributed by atoms with Crippen molar-refractivity contribution in [2.24, 2.45) is 0 Å². The van der Waals surface area contributed by atoms with Crippen LogP contribution in [0, 0.1) is 0 Å². The first-order chi connectivity index (χ1) is 8.58. The second kappa shape index (κ2) is 5.69. The minimum atomic E-state index is -0.0121. The normalized spacial score (nSPS) is 10.2. The molecule has 8 heteroatoms. The summed E-state index contributed by atoms with van der Waals surface area (Å²) in [7, 11) is 1.42. The van der Waals surface area contributed by atoms with Crippen LogP contribution in [-0.2, 0) is 0 Å². The molecular formula is C10H6BrCl2N3O2. The Balaban J connectivity index is 2.30. The molecule has 1 heterocycles. The molecule has 0 amide bonds. The van der Waals surface area contributed by atoms with Gasteiger partial charge in [-0.15, -0.1) is 4.98 Å². The molecule has 0 atom stereocenters. The Labute approximate surface area is 121 Å². The highest BCUT2D eigenvalue weighted by Crippen LogP contribution is 2.31. The number of aromatic nitrogens is 3. The van der Waals surface area contributed by atoms with Crippen LogP contribution in [0.25, 0.3) is 0 Å². The lowest BCUT2D eigenvalue weighted by Crippen LogP contribution is -1.98. The second-order valence-electron chi connectivity index (χ2n) is 3.05. The highest BCUT2D eigenvalue weighted by molar-refractivity contribution is 9.10. The largest absolute Gasteiger partial charge is 0.467 e. The molecule has 0 aliphatic carbocycles. The molecule has 0 N–H and O–H groups in total. The fourth-order valence-electron chi connectivity index (χ4n) is 1.11. The van der Waals surface area contributed by atoms with Crippen molar-refractivity contribution in [3.8, 4) is 17.8 Å². The van der Waals surface area contributed by atoms with Gasteiger partial charge in [-0.2, -0.15) is 9.97 Å². The van der Waals surface area contributed by atoms with Crippen molar-refractivity contribution < 1.29 is 9.47 Å². The molecule has 2 aromatic rings. The molecule has 0 saturated carbocycles. The summed E-state index contributed by atoms with van der Waals surface area (Å²) in [5.74, 6) is 0.503. The number of nitrogens with zero attached hydrogens (tertiary/aromatic N) is 3. The van der Waals surface area contributed by atoms with Crippen LogP contribution >= 0.6 is 39.1 Å². The summed E-state index contributed by atoms with van der Waals surface area (Å²) in [6.45, 7) is 0. The van der Waals surface area contributed by atoms with E-state index >= 15 is 0 Å². The zero-order valence-electron chi connectivity index (χ0n) is 9.02. The Morgan fingerprint density at radius 1 is 1.11 bits per heavy atom. The maximum absolute atomic E-state index is 5.82. The van der Waals surface area contributed by atoms with Gasteiger partial charge in [0.2, 0.25) is 5.28 Å². The highest BCUT2D eigenvalue weighted by Gasteiger charge is 2.09. The Bertz CT molecular complexity index is 583. The van der Waals surface area contributed by atoms with Crippen LogP contribution < -0.4 is 9.47 Å². The zero-order chi connectivity index (χ0) is 13.1. The quantitative estimate of drug-likeness (QED) is 0.843. The maximum atomic E-state index is 5.82. The molecule has 0 spiro atoms. The first-order valence-electron chi connectivity index (χ1n) is 4.67. The van der Waals surface area contributed by atoms with Gasteiger partial charge < -0.3 is 9.47 Å². The summed E-state index contributed by atoms with van der Waals surface area (Å²) in [4.78, 5) is 11.5. The van der Waals surface area contributed by atoms with Gasteiger partial charge in [0, 0.05) is 5.02 Å². The minimum Gasteiger partial charge on any atom is -0.467 e. The zero-order valence-corrected chi connectivity index (χ0v) is 12.1. The SMILES string of the molecule is COc1nc(Cl)nc(Oc2ccc(Cl)cc2Br)n1. The Hall–Kier alpha value is -1.11. The van der Waals surface area contributed by atoms with Gasteiger partial charge in [0.1, 0.15) is 5.75 Å².